The van der Waals surface area contributed by atoms with E-state index in [1.807, 2.05) is 37.3 Å². The van der Waals surface area contributed by atoms with Crippen molar-refractivity contribution in [1.82, 2.24) is 0 Å². The molecular weight excluding hydrogens is 260 g/mol. The summed E-state index contributed by atoms with van der Waals surface area (Å²) in [5.41, 5.74) is 3.26. The highest BCUT2D eigenvalue weighted by molar-refractivity contribution is 5.90. The lowest BCUT2D eigenvalue weighted by molar-refractivity contribution is -0.116. The minimum Gasteiger partial charge on any atom is -0.370 e. The first-order chi connectivity index (χ1) is 10.2. The van der Waals surface area contributed by atoms with Crippen molar-refractivity contribution in [2.75, 3.05) is 17.3 Å². The molecule has 0 saturated heterocycles. The van der Waals surface area contributed by atoms with E-state index in [1.54, 1.807) is 0 Å². The Labute approximate surface area is 126 Å². The van der Waals surface area contributed by atoms with Crippen molar-refractivity contribution < 1.29 is 4.79 Å². The smallest absolute Gasteiger partial charge is 0.224 e. The second-order valence-electron chi connectivity index (χ2n) is 5.19. The van der Waals surface area contributed by atoms with E-state index in [-0.39, 0.29) is 5.91 Å². The molecule has 21 heavy (non-hydrogen) atoms. The van der Waals surface area contributed by atoms with Crippen LogP contribution in [0.2, 0.25) is 0 Å². The maximum Gasteiger partial charge on any atom is 0.224 e. The first kappa shape index (κ1) is 15.1. The van der Waals surface area contributed by atoms with Crippen molar-refractivity contribution in [3.8, 4) is 0 Å². The van der Waals surface area contributed by atoms with Gasteiger partial charge in [0.2, 0.25) is 5.91 Å². The monoisotopic (exact) mass is 282 g/mol. The van der Waals surface area contributed by atoms with Gasteiger partial charge in [0.05, 0.1) is 0 Å². The van der Waals surface area contributed by atoms with Gasteiger partial charge in [0.15, 0.2) is 0 Å². The number of carbonyl (C=O) groups excluding carboxylic acids is 1. The standard InChI is InChI=1S/C18H22N2O/c1-3-7-18(21)19-16-10-12-17(13-11-16)20(2)14-15-8-5-4-6-9-15/h4-6,8-13H,3,7,14H2,1-2H3,(H,19,21). The number of rotatable bonds is 6. The molecule has 1 N–H and O–H groups in total. The van der Waals surface area contributed by atoms with E-state index in [0.29, 0.717) is 6.42 Å². The maximum atomic E-state index is 11.6. The fourth-order valence-electron chi connectivity index (χ4n) is 2.20. The fourth-order valence-corrected chi connectivity index (χ4v) is 2.20. The number of hydrogen-bond donors (Lipinski definition) is 1. The number of nitrogens with one attached hydrogen (secondary N) is 1. The van der Waals surface area contributed by atoms with Crippen LogP contribution in [-0.4, -0.2) is 13.0 Å². The van der Waals surface area contributed by atoms with Crippen LogP contribution < -0.4 is 10.2 Å². The SMILES string of the molecule is CCCC(=O)Nc1ccc(N(C)Cc2ccccc2)cc1. The summed E-state index contributed by atoms with van der Waals surface area (Å²) < 4.78 is 0. The molecule has 0 aromatic heterocycles. The molecule has 3 nitrogen and oxygen atoms in total. The van der Waals surface area contributed by atoms with Crippen molar-refractivity contribution in [3.05, 3.63) is 60.2 Å². The Morgan fingerprint density at radius 3 is 2.33 bits per heavy atom. The Morgan fingerprint density at radius 1 is 1.05 bits per heavy atom. The molecule has 2 aromatic carbocycles. The summed E-state index contributed by atoms with van der Waals surface area (Å²) in [6, 6.07) is 18.3. The zero-order chi connectivity index (χ0) is 15.1. The quantitative estimate of drug-likeness (QED) is 0.866. The summed E-state index contributed by atoms with van der Waals surface area (Å²) in [5.74, 6) is 0.0721. The number of hydrogen-bond acceptors (Lipinski definition) is 2. The van der Waals surface area contributed by atoms with E-state index in [4.69, 9.17) is 0 Å². The maximum absolute atomic E-state index is 11.6. The summed E-state index contributed by atoms with van der Waals surface area (Å²) in [4.78, 5) is 13.7. The topological polar surface area (TPSA) is 32.3 Å². The van der Waals surface area contributed by atoms with Gasteiger partial charge in [-0.3, -0.25) is 4.79 Å². The zero-order valence-corrected chi connectivity index (χ0v) is 12.7. The van der Waals surface area contributed by atoms with Gasteiger partial charge in [0.1, 0.15) is 0 Å². The second kappa shape index (κ2) is 7.48. The van der Waals surface area contributed by atoms with Gasteiger partial charge >= 0.3 is 0 Å². The normalized spacial score (nSPS) is 10.2. The van der Waals surface area contributed by atoms with E-state index >= 15 is 0 Å². The minimum absolute atomic E-state index is 0.0721. The molecule has 0 fully saturated rings. The minimum atomic E-state index is 0.0721. The Balaban J connectivity index is 1.96. The number of benzene rings is 2. The van der Waals surface area contributed by atoms with Crippen LogP contribution >= 0.6 is 0 Å². The fraction of sp³-hybridized carbons (Fsp3) is 0.278. The van der Waals surface area contributed by atoms with Crippen LogP contribution in [0.3, 0.4) is 0 Å². The highest BCUT2D eigenvalue weighted by Crippen LogP contribution is 2.19. The largest absolute Gasteiger partial charge is 0.370 e. The average Bonchev–Trinajstić information content (AvgIpc) is 2.49. The van der Waals surface area contributed by atoms with Gasteiger partial charge in [-0.05, 0) is 36.2 Å². The Kier molecular flexibility index (Phi) is 5.38. The molecule has 0 aliphatic heterocycles. The Hall–Kier alpha value is -2.29. The molecule has 0 atom stereocenters. The molecule has 1 amide bonds. The van der Waals surface area contributed by atoms with E-state index in [2.05, 4.69) is 41.5 Å². The summed E-state index contributed by atoms with van der Waals surface area (Å²) in [7, 11) is 2.07. The number of anilines is 2. The summed E-state index contributed by atoms with van der Waals surface area (Å²) in [6.45, 7) is 2.86. The summed E-state index contributed by atoms with van der Waals surface area (Å²) >= 11 is 0. The molecule has 0 spiro atoms. The van der Waals surface area contributed by atoms with Crippen LogP contribution in [0.25, 0.3) is 0 Å². The van der Waals surface area contributed by atoms with Crippen molar-refractivity contribution in [1.29, 1.82) is 0 Å². The van der Waals surface area contributed by atoms with Crippen molar-refractivity contribution >= 4 is 17.3 Å². The molecule has 0 aliphatic rings. The highest BCUT2D eigenvalue weighted by atomic mass is 16.1. The summed E-state index contributed by atoms with van der Waals surface area (Å²) in [6.07, 6.45) is 1.43. The lowest BCUT2D eigenvalue weighted by Crippen LogP contribution is -2.16. The van der Waals surface area contributed by atoms with Crippen LogP contribution in [0.4, 0.5) is 11.4 Å². The molecular formula is C18H22N2O. The van der Waals surface area contributed by atoms with E-state index in [1.165, 1.54) is 5.56 Å². The third-order valence-electron chi connectivity index (χ3n) is 3.33. The predicted molar refractivity (Wildman–Crippen MR) is 88.5 cm³/mol. The van der Waals surface area contributed by atoms with E-state index < -0.39 is 0 Å². The van der Waals surface area contributed by atoms with E-state index in [9.17, 15) is 4.79 Å². The molecule has 2 aromatic rings. The van der Waals surface area contributed by atoms with Crippen molar-refractivity contribution in [2.45, 2.75) is 26.3 Å². The lowest BCUT2D eigenvalue weighted by atomic mass is 10.2. The highest BCUT2D eigenvalue weighted by Gasteiger charge is 2.04. The third-order valence-corrected chi connectivity index (χ3v) is 3.33. The molecule has 0 saturated carbocycles. The number of carbonyl (C=O) groups is 1. The Bertz CT molecular complexity index is 564. The van der Waals surface area contributed by atoms with Gasteiger partial charge in [0.25, 0.3) is 0 Å². The molecule has 2 rings (SSSR count). The van der Waals surface area contributed by atoms with Gasteiger partial charge in [-0.25, -0.2) is 0 Å². The predicted octanol–water partition coefficient (Wildman–Crippen LogP) is 4.06. The number of nitrogens with zero attached hydrogens (tertiary/aromatic N) is 1. The van der Waals surface area contributed by atoms with E-state index in [0.717, 1.165) is 24.3 Å². The van der Waals surface area contributed by atoms with Crippen LogP contribution in [0.15, 0.2) is 54.6 Å². The second-order valence-corrected chi connectivity index (χ2v) is 5.19. The molecule has 110 valence electrons. The van der Waals surface area contributed by atoms with Crippen LogP contribution in [0, 0.1) is 0 Å². The lowest BCUT2D eigenvalue weighted by Gasteiger charge is -2.19. The Morgan fingerprint density at radius 2 is 1.71 bits per heavy atom. The van der Waals surface area contributed by atoms with Gasteiger partial charge in [-0.2, -0.15) is 0 Å². The average molecular weight is 282 g/mol. The first-order valence-corrected chi connectivity index (χ1v) is 7.34. The van der Waals surface area contributed by atoms with Crippen molar-refractivity contribution in [3.63, 3.8) is 0 Å². The number of amides is 1. The summed E-state index contributed by atoms with van der Waals surface area (Å²) in [5, 5.41) is 2.90. The van der Waals surface area contributed by atoms with Crippen LogP contribution in [-0.2, 0) is 11.3 Å². The molecule has 3 heteroatoms. The first-order valence-electron chi connectivity index (χ1n) is 7.34. The van der Waals surface area contributed by atoms with Crippen molar-refractivity contribution in [2.24, 2.45) is 0 Å². The molecule has 0 bridgehead atoms. The van der Waals surface area contributed by atoms with Gasteiger partial charge in [-0.1, -0.05) is 37.3 Å². The third kappa shape index (κ3) is 4.63. The molecule has 0 unspecified atom stereocenters. The van der Waals surface area contributed by atoms with Gasteiger partial charge in [0, 0.05) is 31.4 Å². The molecule has 0 aliphatic carbocycles. The van der Waals surface area contributed by atoms with Crippen LogP contribution in [0.5, 0.6) is 0 Å². The van der Waals surface area contributed by atoms with Gasteiger partial charge in [-0.15, -0.1) is 0 Å². The van der Waals surface area contributed by atoms with Crippen LogP contribution in [0.1, 0.15) is 25.3 Å². The molecule has 0 heterocycles. The zero-order valence-electron chi connectivity index (χ0n) is 12.7. The van der Waals surface area contributed by atoms with Gasteiger partial charge < -0.3 is 10.2 Å². The molecule has 0 radical (unpaired) electrons.